The molecule has 0 bridgehead atoms. The highest BCUT2D eigenvalue weighted by Gasteiger charge is 2.53. The number of carbonyl (C=O) groups is 1. The Balaban J connectivity index is 2.55. The number of hydrogen-bond acceptors (Lipinski definition) is 3. The number of hydrogen-bond donors (Lipinski definition) is 3. The molecule has 0 spiro atoms. The van der Waals surface area contributed by atoms with E-state index in [4.69, 9.17) is 15.3 Å². The van der Waals surface area contributed by atoms with Crippen molar-refractivity contribution in [1.82, 2.24) is 0 Å². The van der Waals surface area contributed by atoms with E-state index in [-0.39, 0.29) is 5.56 Å². The highest BCUT2D eigenvalue weighted by atomic mass is 19.1. The molecule has 0 amide bonds. The van der Waals surface area contributed by atoms with Gasteiger partial charge in [-0.1, -0.05) is 6.07 Å². The molecule has 5 heteroatoms. The molecular weight excluding hydrogens is 203 g/mol. The lowest BCUT2D eigenvalue weighted by Gasteiger charge is -2.12. The number of carboxylic acids is 1. The van der Waals surface area contributed by atoms with E-state index < -0.39 is 28.7 Å². The van der Waals surface area contributed by atoms with Gasteiger partial charge in [0.25, 0.3) is 0 Å². The third kappa shape index (κ3) is 1.23. The lowest BCUT2D eigenvalue weighted by Crippen LogP contribution is -2.20. The van der Waals surface area contributed by atoms with E-state index in [2.05, 4.69) is 0 Å². The van der Waals surface area contributed by atoms with Gasteiger partial charge in [0.2, 0.25) is 0 Å². The summed E-state index contributed by atoms with van der Waals surface area (Å²) in [5.74, 6) is -3.63. The molecule has 0 atom stereocenters. The van der Waals surface area contributed by atoms with Gasteiger partial charge in [0.1, 0.15) is 0 Å². The lowest BCUT2D eigenvalue weighted by atomic mass is 9.95. The second-order valence-corrected chi connectivity index (χ2v) is 3.68. The monoisotopic (exact) mass is 212 g/mol. The van der Waals surface area contributed by atoms with E-state index in [0.717, 1.165) is 6.07 Å². The molecule has 0 radical (unpaired) electrons. The van der Waals surface area contributed by atoms with Crippen LogP contribution in [0.15, 0.2) is 12.1 Å². The van der Waals surface area contributed by atoms with Crippen LogP contribution in [-0.4, -0.2) is 21.3 Å². The molecule has 4 nitrogen and oxygen atoms in total. The normalized spacial score (nSPS) is 17.4. The Bertz CT molecular complexity index is 437. The molecule has 1 saturated carbocycles. The summed E-state index contributed by atoms with van der Waals surface area (Å²) >= 11 is 0. The highest BCUT2D eigenvalue weighted by Crippen LogP contribution is 2.51. The van der Waals surface area contributed by atoms with Crippen molar-refractivity contribution in [2.24, 2.45) is 0 Å². The number of phenols is 2. The Hall–Kier alpha value is -1.78. The molecule has 0 aromatic heterocycles. The molecule has 1 aliphatic rings. The topological polar surface area (TPSA) is 77.8 Å². The van der Waals surface area contributed by atoms with Crippen LogP contribution in [0.4, 0.5) is 4.39 Å². The molecule has 15 heavy (non-hydrogen) atoms. The van der Waals surface area contributed by atoms with Crippen LogP contribution in [0.3, 0.4) is 0 Å². The Morgan fingerprint density at radius 1 is 1.33 bits per heavy atom. The molecule has 0 aliphatic heterocycles. The minimum Gasteiger partial charge on any atom is -0.504 e. The van der Waals surface area contributed by atoms with Crippen LogP contribution in [0.2, 0.25) is 0 Å². The van der Waals surface area contributed by atoms with Gasteiger partial charge in [-0.15, -0.1) is 0 Å². The fourth-order valence-corrected chi connectivity index (χ4v) is 1.65. The molecule has 1 aromatic rings. The third-order valence-electron chi connectivity index (χ3n) is 2.77. The van der Waals surface area contributed by atoms with Gasteiger partial charge in [0.05, 0.1) is 5.41 Å². The number of aromatic hydroxyl groups is 2. The van der Waals surface area contributed by atoms with Crippen molar-refractivity contribution in [1.29, 1.82) is 0 Å². The van der Waals surface area contributed by atoms with Gasteiger partial charge in [-0.25, -0.2) is 4.39 Å². The first-order valence-corrected chi connectivity index (χ1v) is 4.43. The van der Waals surface area contributed by atoms with Gasteiger partial charge in [0, 0.05) is 5.56 Å². The van der Waals surface area contributed by atoms with E-state index in [0.29, 0.717) is 12.8 Å². The molecule has 2 rings (SSSR count). The van der Waals surface area contributed by atoms with E-state index >= 15 is 0 Å². The Labute approximate surface area is 84.6 Å². The van der Waals surface area contributed by atoms with Crippen molar-refractivity contribution in [3.05, 3.63) is 23.5 Å². The summed E-state index contributed by atoms with van der Waals surface area (Å²) in [6.45, 7) is 0. The van der Waals surface area contributed by atoms with Gasteiger partial charge < -0.3 is 15.3 Å². The fourth-order valence-electron chi connectivity index (χ4n) is 1.65. The Kier molecular flexibility index (Phi) is 1.86. The molecule has 3 N–H and O–H groups in total. The molecule has 1 aliphatic carbocycles. The van der Waals surface area contributed by atoms with Crippen LogP contribution in [0.1, 0.15) is 18.4 Å². The van der Waals surface area contributed by atoms with E-state index in [1.807, 2.05) is 0 Å². The fraction of sp³-hybridized carbons (Fsp3) is 0.300. The van der Waals surface area contributed by atoms with Gasteiger partial charge >= 0.3 is 5.97 Å². The number of benzene rings is 1. The van der Waals surface area contributed by atoms with Crippen molar-refractivity contribution in [3.63, 3.8) is 0 Å². The highest BCUT2D eigenvalue weighted by molar-refractivity contribution is 5.85. The summed E-state index contributed by atoms with van der Waals surface area (Å²) in [5, 5.41) is 27.1. The number of rotatable bonds is 2. The van der Waals surface area contributed by atoms with Crippen LogP contribution < -0.4 is 0 Å². The van der Waals surface area contributed by atoms with Gasteiger partial charge in [-0.05, 0) is 18.9 Å². The van der Waals surface area contributed by atoms with E-state index in [1.165, 1.54) is 6.07 Å². The minimum absolute atomic E-state index is 0.0645. The minimum atomic E-state index is -1.21. The molecule has 0 saturated heterocycles. The summed E-state index contributed by atoms with van der Waals surface area (Å²) in [4.78, 5) is 10.9. The number of halogens is 1. The van der Waals surface area contributed by atoms with Crippen molar-refractivity contribution in [3.8, 4) is 11.5 Å². The molecule has 0 heterocycles. The standard InChI is InChI=1S/C10H9FO4/c11-7-5(1-2-6(12)8(7)13)10(3-4-10)9(14)15/h1-2,12-13H,3-4H2,(H,14,15). The van der Waals surface area contributed by atoms with Gasteiger partial charge in [-0.2, -0.15) is 0 Å². The molecule has 1 aromatic carbocycles. The maximum Gasteiger partial charge on any atom is 0.314 e. The zero-order valence-corrected chi connectivity index (χ0v) is 7.70. The van der Waals surface area contributed by atoms with E-state index in [1.54, 1.807) is 0 Å². The average molecular weight is 212 g/mol. The lowest BCUT2D eigenvalue weighted by molar-refractivity contribution is -0.140. The predicted molar refractivity (Wildman–Crippen MR) is 48.3 cm³/mol. The van der Waals surface area contributed by atoms with Gasteiger partial charge in [0.15, 0.2) is 17.3 Å². The first kappa shape index (κ1) is 9.76. The Morgan fingerprint density at radius 3 is 2.40 bits per heavy atom. The zero-order chi connectivity index (χ0) is 11.2. The summed E-state index contributed by atoms with van der Waals surface area (Å²) in [5.41, 5.74) is -1.28. The maximum absolute atomic E-state index is 13.5. The average Bonchev–Trinajstić information content (AvgIpc) is 2.95. The summed E-state index contributed by atoms with van der Waals surface area (Å²) in [6.07, 6.45) is 0.701. The molecule has 1 fully saturated rings. The maximum atomic E-state index is 13.5. The van der Waals surface area contributed by atoms with Crippen LogP contribution in [0.25, 0.3) is 0 Å². The zero-order valence-electron chi connectivity index (χ0n) is 7.70. The van der Waals surface area contributed by atoms with Crippen LogP contribution in [-0.2, 0) is 10.2 Å². The van der Waals surface area contributed by atoms with Crippen LogP contribution in [0.5, 0.6) is 11.5 Å². The van der Waals surface area contributed by atoms with Crippen molar-refractivity contribution >= 4 is 5.97 Å². The summed E-state index contributed by atoms with van der Waals surface area (Å²) < 4.78 is 13.5. The first-order valence-electron chi connectivity index (χ1n) is 4.43. The van der Waals surface area contributed by atoms with Crippen molar-refractivity contribution < 1.29 is 24.5 Å². The quantitative estimate of drug-likeness (QED) is 0.646. The van der Waals surface area contributed by atoms with Crippen molar-refractivity contribution in [2.45, 2.75) is 18.3 Å². The van der Waals surface area contributed by atoms with Gasteiger partial charge in [-0.3, -0.25) is 4.79 Å². The smallest absolute Gasteiger partial charge is 0.314 e. The molecule has 80 valence electrons. The SMILES string of the molecule is O=C(O)C1(c2ccc(O)c(O)c2F)CC1. The summed E-state index contributed by atoms with van der Waals surface area (Å²) in [7, 11) is 0. The van der Waals surface area contributed by atoms with E-state index in [9.17, 15) is 9.18 Å². The van der Waals surface area contributed by atoms with Crippen LogP contribution >= 0.6 is 0 Å². The van der Waals surface area contributed by atoms with Crippen LogP contribution in [0, 0.1) is 5.82 Å². The third-order valence-corrected chi connectivity index (χ3v) is 2.77. The largest absolute Gasteiger partial charge is 0.504 e. The number of aliphatic carboxylic acids is 1. The number of carboxylic acid groups (broad SMARTS) is 1. The second-order valence-electron chi connectivity index (χ2n) is 3.68. The first-order chi connectivity index (χ1) is 6.99. The predicted octanol–water partition coefficient (Wildman–Crippen LogP) is 1.35. The molecule has 0 unspecified atom stereocenters. The number of phenolic OH excluding ortho intramolecular Hbond substituents is 2. The summed E-state index contributed by atoms with van der Waals surface area (Å²) in [6, 6.07) is 2.29. The van der Waals surface area contributed by atoms with Crippen molar-refractivity contribution in [2.75, 3.05) is 0 Å². The second kappa shape index (κ2) is 2.85. The Morgan fingerprint density at radius 2 is 1.93 bits per heavy atom. The molecular formula is C10H9FO4.